The summed E-state index contributed by atoms with van der Waals surface area (Å²) in [7, 11) is 0. The minimum absolute atomic E-state index is 0.0946. The van der Waals surface area contributed by atoms with Crippen molar-refractivity contribution < 1.29 is 34.1 Å². The van der Waals surface area contributed by atoms with Crippen molar-refractivity contribution in [2.24, 2.45) is 28.8 Å². The van der Waals surface area contributed by atoms with Crippen LogP contribution in [0.1, 0.15) is 114 Å². The summed E-state index contributed by atoms with van der Waals surface area (Å²) in [6.07, 6.45) is 18.3. The van der Waals surface area contributed by atoms with Crippen LogP contribution in [0.2, 0.25) is 0 Å². The van der Waals surface area contributed by atoms with Crippen LogP contribution in [0.3, 0.4) is 0 Å². The van der Waals surface area contributed by atoms with Crippen LogP contribution in [0, 0.1) is 23.7 Å². The second kappa shape index (κ2) is 21.2. The van der Waals surface area contributed by atoms with Gasteiger partial charge in [-0.3, -0.25) is 4.79 Å². The maximum absolute atomic E-state index is 14.7. The lowest BCUT2D eigenvalue weighted by Gasteiger charge is -2.60. The Balaban J connectivity index is 1.54. The number of allylic oxidation sites excluding steroid dienone is 1. The molecule has 0 bridgehead atoms. The van der Waals surface area contributed by atoms with Gasteiger partial charge in [-0.15, -0.1) is 6.58 Å². The molecule has 310 valence electrons. The third-order valence-corrected chi connectivity index (χ3v) is 12.7. The molecule has 6 rings (SSSR count). The van der Waals surface area contributed by atoms with E-state index in [1.54, 1.807) is 12.2 Å². The molecule has 0 saturated heterocycles. The molecule has 2 saturated carbocycles. The summed E-state index contributed by atoms with van der Waals surface area (Å²) in [6.45, 7) is 11.8. The molecule has 9 heteroatoms. The lowest BCUT2D eigenvalue weighted by atomic mass is 9.55. The molecule has 2 aromatic rings. The zero-order chi connectivity index (χ0) is 40.0. The highest BCUT2D eigenvalue weighted by atomic mass is 16.7. The van der Waals surface area contributed by atoms with Crippen LogP contribution in [0.15, 0.2) is 90.6 Å². The normalized spacial score (nSPS) is 25.8. The number of hydrogen-bond acceptors (Lipinski definition) is 8. The first-order valence-corrected chi connectivity index (χ1v) is 21.7. The molecule has 9 nitrogen and oxygen atoms in total. The van der Waals surface area contributed by atoms with Crippen LogP contribution in [0.25, 0.3) is 0 Å². The average Bonchev–Trinajstić information content (AvgIpc) is 3.76. The number of amides is 1. The molecule has 3 aliphatic carbocycles. The first-order valence-electron chi connectivity index (χ1n) is 21.7. The summed E-state index contributed by atoms with van der Waals surface area (Å²) in [6, 6.07) is 15.6. The van der Waals surface area contributed by atoms with Crippen LogP contribution in [-0.4, -0.2) is 71.5 Å². The Bertz CT molecular complexity index is 1670. The molecular formula is C48H66N2O7. The van der Waals surface area contributed by atoms with Gasteiger partial charge in [0.1, 0.15) is 30.8 Å². The number of fused-ring (bicyclic) bond motifs is 2. The van der Waals surface area contributed by atoms with E-state index < -0.39 is 11.8 Å². The summed E-state index contributed by atoms with van der Waals surface area (Å²) in [5.41, 5.74) is 3.93. The van der Waals surface area contributed by atoms with Gasteiger partial charge in [0, 0.05) is 44.1 Å². The Morgan fingerprint density at radius 2 is 1.74 bits per heavy atom. The molecule has 2 fully saturated rings. The minimum Gasteiger partial charge on any atom is -0.490 e. The van der Waals surface area contributed by atoms with E-state index in [0.29, 0.717) is 44.9 Å². The van der Waals surface area contributed by atoms with E-state index in [9.17, 15) is 15.0 Å². The number of rotatable bonds is 23. The lowest BCUT2D eigenvalue weighted by Crippen LogP contribution is -2.70. The van der Waals surface area contributed by atoms with Crippen molar-refractivity contribution in [1.29, 1.82) is 0 Å². The number of unbranched alkanes of at least 4 members (excludes halogenated alkanes) is 2. The van der Waals surface area contributed by atoms with Crippen molar-refractivity contribution in [1.82, 2.24) is 4.90 Å². The number of aliphatic hydroxyl groups is 2. The molecule has 57 heavy (non-hydrogen) atoms. The van der Waals surface area contributed by atoms with Crippen LogP contribution in [0.4, 0.5) is 0 Å². The van der Waals surface area contributed by atoms with Crippen molar-refractivity contribution in [3.05, 3.63) is 96.6 Å². The average molecular weight is 783 g/mol. The highest BCUT2D eigenvalue weighted by molar-refractivity contribution is 6.03. The molecule has 2 N–H and O–H groups in total. The zero-order valence-corrected chi connectivity index (χ0v) is 34.2. The third kappa shape index (κ3) is 10.0. The molecular weight excluding hydrogens is 717 g/mol. The van der Waals surface area contributed by atoms with Gasteiger partial charge in [0.2, 0.25) is 11.7 Å². The van der Waals surface area contributed by atoms with Gasteiger partial charge < -0.3 is 34.2 Å². The highest BCUT2D eigenvalue weighted by Crippen LogP contribution is 2.62. The third-order valence-electron chi connectivity index (χ3n) is 12.7. The van der Waals surface area contributed by atoms with Gasteiger partial charge in [0.25, 0.3) is 0 Å². The molecule has 4 aliphatic rings. The fraction of sp³-hybridized carbons (Fsp3) is 0.583. The summed E-state index contributed by atoms with van der Waals surface area (Å²) >= 11 is 0. The van der Waals surface area contributed by atoms with Crippen molar-refractivity contribution in [3.8, 4) is 11.5 Å². The maximum atomic E-state index is 14.7. The second-order valence-corrected chi connectivity index (χ2v) is 16.4. The predicted octanol–water partition coefficient (Wildman–Crippen LogP) is 9.29. The van der Waals surface area contributed by atoms with Crippen molar-refractivity contribution >= 4 is 11.6 Å². The Morgan fingerprint density at radius 1 is 0.982 bits per heavy atom. The van der Waals surface area contributed by atoms with Gasteiger partial charge in [-0.1, -0.05) is 106 Å². The minimum atomic E-state index is -1.25. The van der Waals surface area contributed by atoms with E-state index in [0.717, 1.165) is 78.9 Å². The van der Waals surface area contributed by atoms with Crippen LogP contribution in [0.5, 0.6) is 11.5 Å². The van der Waals surface area contributed by atoms with Gasteiger partial charge in [-0.2, -0.15) is 0 Å². The van der Waals surface area contributed by atoms with E-state index >= 15 is 0 Å². The summed E-state index contributed by atoms with van der Waals surface area (Å²) in [5.74, 6) is 0.810. The van der Waals surface area contributed by atoms with Gasteiger partial charge in [0.15, 0.2) is 0 Å². The van der Waals surface area contributed by atoms with Crippen molar-refractivity contribution in [3.63, 3.8) is 0 Å². The topological polar surface area (TPSA) is 110 Å². The SMILES string of the molecule is C=CCOc1ccc2c(c1)C1C(CCCCO)C(CCCCO)C=C3C(=NOCc4ccccc4)CC(N(CCC)C(=O)CCC4CCCC4)C(OCC=C)(O2)C31. The molecule has 6 atom stereocenters. The molecule has 0 spiro atoms. The van der Waals surface area contributed by atoms with Gasteiger partial charge in [0.05, 0.1) is 18.2 Å². The van der Waals surface area contributed by atoms with E-state index in [4.69, 9.17) is 24.2 Å². The first kappa shape index (κ1) is 42.7. The number of benzene rings is 2. The van der Waals surface area contributed by atoms with E-state index in [1.807, 2.05) is 42.5 Å². The molecule has 6 unspecified atom stereocenters. The fourth-order valence-corrected chi connectivity index (χ4v) is 10.1. The lowest BCUT2D eigenvalue weighted by molar-refractivity contribution is -0.257. The molecule has 0 aromatic heterocycles. The van der Waals surface area contributed by atoms with Gasteiger partial charge >= 0.3 is 0 Å². The quantitative estimate of drug-likeness (QED) is 0.0657. The predicted molar refractivity (Wildman–Crippen MR) is 225 cm³/mol. The Kier molecular flexibility index (Phi) is 15.9. The summed E-state index contributed by atoms with van der Waals surface area (Å²) < 4.78 is 20.6. The zero-order valence-electron chi connectivity index (χ0n) is 34.2. The Labute approximate surface area is 340 Å². The van der Waals surface area contributed by atoms with E-state index in [2.05, 4.69) is 37.1 Å². The number of oxime groups is 1. The standard InChI is InChI=1S/C48H66N2O7/c1-4-26-50(45(53)25-22-35-16-10-11-17-35)44-33-42(49-56-34-36-18-8-7-9-19-36)40-31-37(20-12-14-27-51)39(21-13-15-28-52)46-41-32-38(54-29-5-2)23-24-43(41)57-48(44,47(40)46)55-30-6-3/h5-9,18-19,23-24,31-32,35,37,39,44,46-47,51-52H,2-4,10-17,20-22,25-30,33-34H2,1H3. The molecule has 1 amide bonds. The number of carbonyl (C=O) groups is 1. The maximum Gasteiger partial charge on any atom is 0.239 e. The molecule has 1 aliphatic heterocycles. The van der Waals surface area contributed by atoms with Crippen LogP contribution >= 0.6 is 0 Å². The monoisotopic (exact) mass is 782 g/mol. The summed E-state index contributed by atoms with van der Waals surface area (Å²) in [5, 5.41) is 24.8. The number of ether oxygens (including phenoxy) is 3. The number of aliphatic hydroxyl groups excluding tert-OH is 2. The largest absolute Gasteiger partial charge is 0.490 e. The van der Waals surface area contributed by atoms with Crippen molar-refractivity contribution in [2.75, 3.05) is 33.0 Å². The molecule has 1 heterocycles. The fourth-order valence-electron chi connectivity index (χ4n) is 10.1. The van der Waals surface area contributed by atoms with Crippen LogP contribution < -0.4 is 9.47 Å². The molecule has 2 aromatic carbocycles. The van der Waals surface area contributed by atoms with Crippen molar-refractivity contribution in [2.45, 2.75) is 121 Å². The van der Waals surface area contributed by atoms with Crippen LogP contribution in [-0.2, 0) is 21.0 Å². The number of hydrogen-bond donors (Lipinski definition) is 2. The first-order chi connectivity index (χ1) is 28.0. The van der Waals surface area contributed by atoms with Gasteiger partial charge in [-0.25, -0.2) is 0 Å². The smallest absolute Gasteiger partial charge is 0.239 e. The number of carbonyl (C=O) groups excluding carboxylic acids is 1. The summed E-state index contributed by atoms with van der Waals surface area (Å²) in [4.78, 5) is 23.0. The van der Waals surface area contributed by atoms with E-state index in [1.165, 1.54) is 25.7 Å². The molecule has 0 radical (unpaired) electrons. The Morgan fingerprint density at radius 3 is 2.46 bits per heavy atom. The Hall–Kier alpha value is -3.92. The highest BCUT2D eigenvalue weighted by Gasteiger charge is 2.65. The van der Waals surface area contributed by atoms with E-state index in [-0.39, 0.29) is 49.4 Å². The van der Waals surface area contributed by atoms with Gasteiger partial charge in [-0.05, 0) is 85.6 Å². The number of nitrogens with zero attached hydrogens (tertiary/aromatic N) is 2. The second-order valence-electron chi connectivity index (χ2n) is 16.4.